The zero-order chi connectivity index (χ0) is 18.5. The Morgan fingerprint density at radius 1 is 1.08 bits per heavy atom. The van der Waals surface area contributed by atoms with Crippen molar-refractivity contribution < 1.29 is 9.59 Å². The molecule has 0 spiro atoms. The Hall–Kier alpha value is -2.40. The van der Waals surface area contributed by atoms with Gasteiger partial charge in [0.2, 0.25) is 11.8 Å². The summed E-state index contributed by atoms with van der Waals surface area (Å²) in [6, 6.07) is 14.4. The summed E-state index contributed by atoms with van der Waals surface area (Å²) in [6.07, 6.45) is 2.13. The van der Waals surface area contributed by atoms with Gasteiger partial charge in [-0.2, -0.15) is 0 Å². The smallest absolute Gasteiger partial charge is 0.240 e. The summed E-state index contributed by atoms with van der Waals surface area (Å²) in [5, 5.41) is 8.28. The van der Waals surface area contributed by atoms with E-state index in [2.05, 4.69) is 41.0 Å². The topological polar surface area (TPSA) is 61.4 Å². The summed E-state index contributed by atoms with van der Waals surface area (Å²) >= 11 is 0. The standard InChI is InChI=1S/C21H27N3O2/c1-22-19(14-15-7-8-16-5-3-4-6-18(16)13-15)21(26)24-11-9-17(10-12-24)20(25)23-2/h3-8,13,17,19,22H,9-12,14H2,1-2H3,(H,23,25)/t19-/m1/s1. The van der Waals surface area contributed by atoms with Gasteiger partial charge in [0.05, 0.1) is 6.04 Å². The summed E-state index contributed by atoms with van der Waals surface area (Å²) in [5.74, 6) is 0.229. The highest BCUT2D eigenvalue weighted by atomic mass is 16.2. The Morgan fingerprint density at radius 3 is 2.42 bits per heavy atom. The third kappa shape index (κ3) is 4.05. The Bertz CT molecular complexity index is 782. The van der Waals surface area contributed by atoms with E-state index >= 15 is 0 Å². The zero-order valence-electron chi connectivity index (χ0n) is 15.5. The van der Waals surface area contributed by atoms with Crippen LogP contribution in [-0.2, 0) is 16.0 Å². The summed E-state index contributed by atoms with van der Waals surface area (Å²) in [5.41, 5.74) is 1.15. The van der Waals surface area contributed by atoms with Gasteiger partial charge >= 0.3 is 0 Å². The number of hydrogen-bond donors (Lipinski definition) is 2. The maximum absolute atomic E-state index is 12.9. The zero-order valence-corrected chi connectivity index (χ0v) is 15.5. The van der Waals surface area contributed by atoms with Crippen molar-refractivity contribution in [3.05, 3.63) is 48.0 Å². The van der Waals surface area contributed by atoms with Crippen LogP contribution in [0.25, 0.3) is 10.8 Å². The average molecular weight is 353 g/mol. The highest BCUT2D eigenvalue weighted by molar-refractivity contribution is 5.85. The fraction of sp³-hybridized carbons (Fsp3) is 0.429. The number of likely N-dealkylation sites (N-methyl/N-ethyl adjacent to an activating group) is 1. The highest BCUT2D eigenvalue weighted by Gasteiger charge is 2.29. The molecule has 5 heteroatoms. The van der Waals surface area contributed by atoms with Crippen molar-refractivity contribution >= 4 is 22.6 Å². The molecule has 1 heterocycles. The predicted octanol–water partition coefficient (Wildman–Crippen LogP) is 1.95. The molecule has 0 saturated carbocycles. The third-order valence-corrected chi connectivity index (χ3v) is 5.32. The molecule has 26 heavy (non-hydrogen) atoms. The molecule has 1 atom stereocenters. The van der Waals surface area contributed by atoms with E-state index < -0.39 is 0 Å². The summed E-state index contributed by atoms with van der Waals surface area (Å²) in [4.78, 5) is 26.6. The summed E-state index contributed by atoms with van der Waals surface area (Å²) < 4.78 is 0. The van der Waals surface area contributed by atoms with Gasteiger partial charge in [-0.1, -0.05) is 42.5 Å². The van der Waals surface area contributed by atoms with E-state index in [1.165, 1.54) is 10.8 Å². The fourth-order valence-electron chi connectivity index (χ4n) is 3.70. The monoisotopic (exact) mass is 353 g/mol. The second-order valence-corrected chi connectivity index (χ2v) is 6.94. The van der Waals surface area contributed by atoms with E-state index in [4.69, 9.17) is 0 Å². The van der Waals surface area contributed by atoms with Crippen molar-refractivity contribution in [3.8, 4) is 0 Å². The quantitative estimate of drug-likeness (QED) is 0.864. The molecule has 0 aliphatic carbocycles. The maximum atomic E-state index is 12.9. The molecule has 2 aromatic rings. The van der Waals surface area contributed by atoms with Gasteiger partial charge in [-0.05, 0) is 42.6 Å². The van der Waals surface area contributed by atoms with Crippen LogP contribution in [0.1, 0.15) is 18.4 Å². The van der Waals surface area contributed by atoms with Gasteiger partial charge in [0.15, 0.2) is 0 Å². The minimum Gasteiger partial charge on any atom is -0.359 e. The van der Waals surface area contributed by atoms with Gasteiger partial charge in [0, 0.05) is 26.1 Å². The Morgan fingerprint density at radius 2 is 1.77 bits per heavy atom. The number of likely N-dealkylation sites (tertiary alicyclic amines) is 1. The van der Waals surface area contributed by atoms with Crippen LogP contribution in [0.5, 0.6) is 0 Å². The highest BCUT2D eigenvalue weighted by Crippen LogP contribution is 2.20. The molecule has 3 rings (SSSR count). The van der Waals surface area contributed by atoms with Crippen molar-refractivity contribution in [2.24, 2.45) is 5.92 Å². The lowest BCUT2D eigenvalue weighted by molar-refractivity contribution is -0.137. The number of fused-ring (bicyclic) bond motifs is 1. The van der Waals surface area contributed by atoms with E-state index in [9.17, 15) is 9.59 Å². The molecule has 138 valence electrons. The molecule has 1 aliphatic heterocycles. The van der Waals surface area contributed by atoms with Gasteiger partial charge in [0.25, 0.3) is 0 Å². The largest absolute Gasteiger partial charge is 0.359 e. The maximum Gasteiger partial charge on any atom is 0.240 e. The minimum atomic E-state index is -0.243. The van der Waals surface area contributed by atoms with Crippen LogP contribution in [0.4, 0.5) is 0 Å². The average Bonchev–Trinajstić information content (AvgIpc) is 2.71. The van der Waals surface area contributed by atoms with Crippen LogP contribution in [0.3, 0.4) is 0 Å². The molecule has 0 aromatic heterocycles. The fourth-order valence-corrected chi connectivity index (χ4v) is 3.70. The molecule has 0 unspecified atom stereocenters. The lowest BCUT2D eigenvalue weighted by atomic mass is 9.94. The van der Waals surface area contributed by atoms with Crippen molar-refractivity contribution in [1.82, 2.24) is 15.5 Å². The van der Waals surface area contributed by atoms with Crippen molar-refractivity contribution in [3.63, 3.8) is 0 Å². The number of carbonyl (C=O) groups excluding carboxylic acids is 2. The molecule has 0 bridgehead atoms. The van der Waals surface area contributed by atoms with Crippen LogP contribution in [-0.4, -0.2) is 49.9 Å². The Kier molecular flexibility index (Phi) is 5.89. The van der Waals surface area contributed by atoms with Crippen LogP contribution in [0.15, 0.2) is 42.5 Å². The van der Waals surface area contributed by atoms with Crippen molar-refractivity contribution in [2.45, 2.75) is 25.3 Å². The molecule has 1 aliphatic rings. The summed E-state index contributed by atoms with van der Waals surface area (Å²) in [7, 11) is 3.50. The molecule has 2 N–H and O–H groups in total. The first-order valence-corrected chi connectivity index (χ1v) is 9.27. The normalized spacial score (nSPS) is 16.5. The minimum absolute atomic E-state index is 0.0255. The van der Waals surface area contributed by atoms with Gasteiger partial charge in [-0.25, -0.2) is 0 Å². The lowest BCUT2D eigenvalue weighted by Crippen LogP contribution is -2.50. The number of amides is 2. The SMILES string of the molecule is CNC(=O)C1CCN(C(=O)[C@@H](Cc2ccc3ccccc3c2)NC)CC1. The Labute approximate surface area is 154 Å². The van der Waals surface area contributed by atoms with Crippen LogP contribution in [0.2, 0.25) is 0 Å². The van der Waals surface area contributed by atoms with E-state index in [1.807, 2.05) is 24.1 Å². The molecule has 0 radical (unpaired) electrons. The molecule has 5 nitrogen and oxygen atoms in total. The second kappa shape index (κ2) is 8.32. The molecule has 1 fully saturated rings. The molecular formula is C21H27N3O2. The first-order chi connectivity index (χ1) is 12.6. The van der Waals surface area contributed by atoms with Crippen LogP contribution < -0.4 is 10.6 Å². The number of carbonyl (C=O) groups is 2. The van der Waals surface area contributed by atoms with E-state index in [-0.39, 0.29) is 23.8 Å². The predicted molar refractivity (Wildman–Crippen MR) is 104 cm³/mol. The number of piperidine rings is 1. The van der Waals surface area contributed by atoms with E-state index in [1.54, 1.807) is 7.05 Å². The number of rotatable bonds is 5. The third-order valence-electron chi connectivity index (χ3n) is 5.32. The van der Waals surface area contributed by atoms with Crippen molar-refractivity contribution in [1.29, 1.82) is 0 Å². The molecule has 1 saturated heterocycles. The Balaban J connectivity index is 1.64. The number of hydrogen-bond acceptors (Lipinski definition) is 3. The van der Waals surface area contributed by atoms with Crippen LogP contribution >= 0.6 is 0 Å². The van der Waals surface area contributed by atoms with Crippen LogP contribution in [0, 0.1) is 5.92 Å². The van der Waals surface area contributed by atoms with Gasteiger partial charge in [-0.15, -0.1) is 0 Å². The number of benzene rings is 2. The van der Waals surface area contributed by atoms with Gasteiger partial charge in [0.1, 0.15) is 0 Å². The molecule has 2 aromatic carbocycles. The number of nitrogens with zero attached hydrogens (tertiary/aromatic N) is 1. The molecular weight excluding hydrogens is 326 g/mol. The summed E-state index contributed by atoms with van der Waals surface area (Å²) in [6.45, 7) is 1.29. The van der Waals surface area contributed by atoms with E-state index in [0.29, 0.717) is 19.5 Å². The van der Waals surface area contributed by atoms with E-state index in [0.717, 1.165) is 18.4 Å². The first-order valence-electron chi connectivity index (χ1n) is 9.27. The lowest BCUT2D eigenvalue weighted by Gasteiger charge is -2.33. The van der Waals surface area contributed by atoms with Gasteiger partial charge in [-0.3, -0.25) is 9.59 Å². The molecule has 2 amide bonds. The first kappa shape index (κ1) is 18.4. The van der Waals surface area contributed by atoms with Crippen molar-refractivity contribution in [2.75, 3.05) is 27.2 Å². The number of nitrogens with one attached hydrogen (secondary N) is 2. The van der Waals surface area contributed by atoms with Gasteiger partial charge < -0.3 is 15.5 Å². The second-order valence-electron chi connectivity index (χ2n) is 6.94.